The maximum Gasteiger partial charge on any atom is 0.269 e. The zero-order chi connectivity index (χ0) is 21.0. The van der Waals surface area contributed by atoms with Gasteiger partial charge in [0.2, 0.25) is 5.91 Å². The van der Waals surface area contributed by atoms with Crippen LogP contribution in [0, 0.1) is 22.0 Å². The third-order valence-corrected chi connectivity index (χ3v) is 5.10. The van der Waals surface area contributed by atoms with Gasteiger partial charge in [-0.15, -0.1) is 0 Å². The Morgan fingerprint density at radius 1 is 1.07 bits per heavy atom. The average molecular weight is 395 g/mol. The Morgan fingerprint density at radius 3 is 2.31 bits per heavy atom. The van der Waals surface area contributed by atoms with Gasteiger partial charge in [-0.1, -0.05) is 38.1 Å². The molecular formula is C22H25N3O4. The van der Waals surface area contributed by atoms with Gasteiger partial charge in [-0.05, 0) is 36.0 Å². The molecule has 1 aliphatic heterocycles. The lowest BCUT2D eigenvalue weighted by Crippen LogP contribution is -2.42. The van der Waals surface area contributed by atoms with Crippen LogP contribution in [0.15, 0.2) is 48.5 Å². The second-order valence-electron chi connectivity index (χ2n) is 7.85. The summed E-state index contributed by atoms with van der Waals surface area (Å²) in [4.78, 5) is 37.7. The minimum Gasteiger partial charge on any atom is -0.338 e. The van der Waals surface area contributed by atoms with E-state index in [-0.39, 0.29) is 23.9 Å². The highest BCUT2D eigenvalue weighted by Crippen LogP contribution is 2.25. The van der Waals surface area contributed by atoms with Crippen LogP contribution in [-0.2, 0) is 11.2 Å². The van der Waals surface area contributed by atoms with E-state index in [1.54, 1.807) is 36.4 Å². The van der Waals surface area contributed by atoms with E-state index in [0.717, 1.165) is 6.42 Å². The molecule has 0 aliphatic carbocycles. The van der Waals surface area contributed by atoms with Crippen molar-refractivity contribution in [2.24, 2.45) is 11.8 Å². The molecule has 152 valence electrons. The molecule has 0 aromatic heterocycles. The average Bonchev–Trinajstić information content (AvgIpc) is 2.67. The van der Waals surface area contributed by atoms with Crippen LogP contribution in [0.2, 0.25) is 0 Å². The number of rotatable bonds is 5. The number of carbonyl (C=O) groups is 2. The number of nitro benzene ring substituents is 1. The second-order valence-corrected chi connectivity index (χ2v) is 7.85. The molecule has 1 aliphatic rings. The number of para-hydroxylation sites is 1. The molecule has 2 atom stereocenters. The number of hydrogen-bond donors (Lipinski definition) is 1. The van der Waals surface area contributed by atoms with E-state index in [9.17, 15) is 19.7 Å². The van der Waals surface area contributed by atoms with Crippen LogP contribution in [0.4, 0.5) is 11.4 Å². The Bertz CT molecular complexity index is 901. The van der Waals surface area contributed by atoms with Crippen molar-refractivity contribution in [2.75, 3.05) is 18.4 Å². The Kier molecular flexibility index (Phi) is 6.26. The predicted molar refractivity (Wildman–Crippen MR) is 111 cm³/mol. The van der Waals surface area contributed by atoms with E-state index >= 15 is 0 Å². The summed E-state index contributed by atoms with van der Waals surface area (Å²) < 4.78 is 0. The number of carbonyl (C=O) groups excluding carboxylic acids is 2. The maximum absolute atomic E-state index is 13.1. The molecule has 0 radical (unpaired) electrons. The number of likely N-dealkylation sites (tertiary alicyclic amines) is 1. The minimum atomic E-state index is -0.478. The van der Waals surface area contributed by atoms with E-state index in [4.69, 9.17) is 0 Å². The van der Waals surface area contributed by atoms with Crippen LogP contribution in [0.5, 0.6) is 0 Å². The van der Waals surface area contributed by atoms with Gasteiger partial charge >= 0.3 is 0 Å². The van der Waals surface area contributed by atoms with Gasteiger partial charge in [0.05, 0.1) is 22.6 Å². The fourth-order valence-electron chi connectivity index (χ4n) is 3.89. The van der Waals surface area contributed by atoms with Crippen molar-refractivity contribution in [3.8, 4) is 0 Å². The molecule has 7 heteroatoms. The molecule has 2 aromatic carbocycles. The van der Waals surface area contributed by atoms with Gasteiger partial charge in [0.25, 0.3) is 11.6 Å². The van der Waals surface area contributed by atoms with Crippen molar-refractivity contribution in [3.05, 3.63) is 69.8 Å². The molecule has 1 N–H and O–H groups in total. The number of hydrogen-bond acceptors (Lipinski definition) is 4. The molecular weight excluding hydrogens is 370 g/mol. The summed E-state index contributed by atoms with van der Waals surface area (Å²) in [7, 11) is 0. The van der Waals surface area contributed by atoms with E-state index in [1.807, 2.05) is 4.90 Å². The number of piperidine rings is 1. The third kappa shape index (κ3) is 5.19. The standard InChI is InChI=1S/C22H25N3O4/c1-15-11-16(2)14-24(13-15)22(27)19-5-3-4-6-20(19)23-21(26)12-17-7-9-18(10-8-17)25(28)29/h3-10,15-16H,11-14H2,1-2H3,(H,23,26)/t15-,16-/m1/s1. The van der Waals surface area contributed by atoms with E-state index in [0.29, 0.717) is 41.7 Å². The molecule has 0 saturated carbocycles. The Balaban J connectivity index is 1.70. The van der Waals surface area contributed by atoms with Gasteiger partial charge in [0.15, 0.2) is 0 Å². The van der Waals surface area contributed by atoms with Crippen LogP contribution in [0.3, 0.4) is 0 Å². The second kappa shape index (κ2) is 8.86. The Hall–Kier alpha value is -3.22. The van der Waals surface area contributed by atoms with Crippen LogP contribution >= 0.6 is 0 Å². The highest BCUT2D eigenvalue weighted by molar-refractivity contribution is 6.04. The predicted octanol–water partition coefficient (Wildman–Crippen LogP) is 3.89. The van der Waals surface area contributed by atoms with Crippen molar-refractivity contribution >= 4 is 23.2 Å². The lowest BCUT2D eigenvalue weighted by atomic mass is 9.91. The van der Waals surface area contributed by atoms with Crippen molar-refractivity contribution in [1.82, 2.24) is 4.90 Å². The molecule has 0 spiro atoms. The van der Waals surface area contributed by atoms with Gasteiger partial charge in [-0.25, -0.2) is 0 Å². The summed E-state index contributed by atoms with van der Waals surface area (Å²) in [5.74, 6) is 0.548. The molecule has 1 heterocycles. The fourth-order valence-corrected chi connectivity index (χ4v) is 3.89. The summed E-state index contributed by atoms with van der Waals surface area (Å²) >= 11 is 0. The number of nitrogens with zero attached hydrogens (tertiary/aromatic N) is 2. The molecule has 2 aromatic rings. The van der Waals surface area contributed by atoms with Gasteiger partial charge in [0.1, 0.15) is 0 Å². The fraction of sp³-hybridized carbons (Fsp3) is 0.364. The van der Waals surface area contributed by atoms with Crippen molar-refractivity contribution in [3.63, 3.8) is 0 Å². The van der Waals surface area contributed by atoms with Crippen LogP contribution in [-0.4, -0.2) is 34.7 Å². The first-order valence-corrected chi connectivity index (χ1v) is 9.75. The van der Waals surface area contributed by atoms with Crippen LogP contribution in [0.1, 0.15) is 36.2 Å². The molecule has 29 heavy (non-hydrogen) atoms. The zero-order valence-corrected chi connectivity index (χ0v) is 16.6. The molecule has 1 fully saturated rings. The third-order valence-electron chi connectivity index (χ3n) is 5.10. The summed E-state index contributed by atoms with van der Waals surface area (Å²) in [6.45, 7) is 5.73. The summed E-state index contributed by atoms with van der Waals surface area (Å²) in [6.07, 6.45) is 1.18. The molecule has 2 amide bonds. The highest BCUT2D eigenvalue weighted by Gasteiger charge is 2.27. The molecule has 3 rings (SSSR count). The number of anilines is 1. The Labute approximate surface area is 169 Å². The van der Waals surface area contributed by atoms with Crippen LogP contribution < -0.4 is 5.32 Å². The highest BCUT2D eigenvalue weighted by atomic mass is 16.6. The lowest BCUT2D eigenvalue weighted by Gasteiger charge is -2.35. The molecule has 0 bridgehead atoms. The summed E-state index contributed by atoms with van der Waals surface area (Å²) in [6, 6.07) is 12.9. The SMILES string of the molecule is C[C@@H]1C[C@@H](C)CN(C(=O)c2ccccc2NC(=O)Cc2ccc([N+](=O)[O-])cc2)C1. The first-order chi connectivity index (χ1) is 13.8. The first kappa shape index (κ1) is 20.5. The summed E-state index contributed by atoms with van der Waals surface area (Å²) in [5.41, 5.74) is 1.60. The van der Waals surface area contributed by atoms with E-state index in [2.05, 4.69) is 19.2 Å². The van der Waals surface area contributed by atoms with Crippen molar-refractivity contribution < 1.29 is 14.5 Å². The first-order valence-electron chi connectivity index (χ1n) is 9.75. The Morgan fingerprint density at radius 2 is 1.69 bits per heavy atom. The lowest BCUT2D eigenvalue weighted by molar-refractivity contribution is -0.384. The van der Waals surface area contributed by atoms with Crippen molar-refractivity contribution in [2.45, 2.75) is 26.7 Å². The van der Waals surface area contributed by atoms with Gasteiger partial charge in [-0.3, -0.25) is 19.7 Å². The van der Waals surface area contributed by atoms with E-state index in [1.165, 1.54) is 12.1 Å². The number of non-ortho nitro benzene ring substituents is 1. The number of nitro groups is 1. The largest absolute Gasteiger partial charge is 0.338 e. The number of nitrogens with one attached hydrogen (secondary N) is 1. The molecule has 1 saturated heterocycles. The zero-order valence-electron chi connectivity index (χ0n) is 16.6. The van der Waals surface area contributed by atoms with E-state index < -0.39 is 4.92 Å². The summed E-state index contributed by atoms with van der Waals surface area (Å²) in [5, 5.41) is 13.6. The maximum atomic E-state index is 13.1. The molecule has 7 nitrogen and oxygen atoms in total. The topological polar surface area (TPSA) is 92.6 Å². The number of benzene rings is 2. The molecule has 0 unspecified atom stereocenters. The minimum absolute atomic E-state index is 0.0184. The van der Waals surface area contributed by atoms with Crippen molar-refractivity contribution in [1.29, 1.82) is 0 Å². The van der Waals surface area contributed by atoms with Gasteiger partial charge in [0, 0.05) is 25.2 Å². The van der Waals surface area contributed by atoms with Crippen LogP contribution in [0.25, 0.3) is 0 Å². The van der Waals surface area contributed by atoms with Gasteiger partial charge < -0.3 is 10.2 Å². The monoisotopic (exact) mass is 395 g/mol. The number of amides is 2. The normalized spacial score (nSPS) is 18.9. The quantitative estimate of drug-likeness (QED) is 0.614. The van der Waals surface area contributed by atoms with Gasteiger partial charge in [-0.2, -0.15) is 0 Å². The smallest absolute Gasteiger partial charge is 0.269 e.